The molecule has 0 saturated carbocycles. The standard InChI is InChI=1S/C21H30F3N3O4S/c1-15-13-26(14-16(2)31-15)11-8-25-20(28)17-6-9-27(10-7-17)32(29,30)19-5-3-4-18(12-19)21(22,23)24/h3-5,12,15-17H,6-11,13-14H2,1-2H3,(H,25,28). The van der Waals surface area contributed by atoms with Crippen LogP contribution in [0.2, 0.25) is 0 Å². The highest BCUT2D eigenvalue weighted by Gasteiger charge is 2.35. The van der Waals surface area contributed by atoms with Crippen molar-refractivity contribution in [2.75, 3.05) is 39.3 Å². The van der Waals surface area contributed by atoms with Gasteiger partial charge in [-0.25, -0.2) is 8.42 Å². The molecule has 11 heteroatoms. The minimum Gasteiger partial charge on any atom is -0.373 e. The van der Waals surface area contributed by atoms with Crippen LogP contribution in [0, 0.1) is 5.92 Å². The lowest BCUT2D eigenvalue weighted by molar-refractivity contribution is -0.137. The molecule has 0 aromatic heterocycles. The van der Waals surface area contributed by atoms with Crippen molar-refractivity contribution in [1.82, 2.24) is 14.5 Å². The lowest BCUT2D eigenvalue weighted by Gasteiger charge is -2.35. The quantitative estimate of drug-likeness (QED) is 0.681. The summed E-state index contributed by atoms with van der Waals surface area (Å²) in [6, 6.07) is 3.75. The maximum Gasteiger partial charge on any atom is 0.416 e. The first-order valence-electron chi connectivity index (χ1n) is 10.8. The Bertz CT molecular complexity index is 892. The second kappa shape index (κ2) is 10.1. The topological polar surface area (TPSA) is 79.0 Å². The van der Waals surface area contributed by atoms with Crippen molar-refractivity contribution in [3.8, 4) is 0 Å². The highest BCUT2D eigenvalue weighted by Crippen LogP contribution is 2.32. The number of carbonyl (C=O) groups excluding carboxylic acids is 1. The monoisotopic (exact) mass is 477 g/mol. The summed E-state index contributed by atoms with van der Waals surface area (Å²) in [7, 11) is -4.05. The van der Waals surface area contributed by atoms with E-state index in [0.717, 1.165) is 35.6 Å². The number of morpholine rings is 1. The number of sulfonamides is 1. The number of piperidine rings is 1. The van der Waals surface area contributed by atoms with E-state index in [-0.39, 0.29) is 42.0 Å². The van der Waals surface area contributed by atoms with Gasteiger partial charge in [0.2, 0.25) is 15.9 Å². The highest BCUT2D eigenvalue weighted by atomic mass is 32.2. The Morgan fingerprint density at radius 1 is 1.16 bits per heavy atom. The largest absolute Gasteiger partial charge is 0.416 e. The van der Waals surface area contributed by atoms with Crippen molar-refractivity contribution < 1.29 is 31.1 Å². The molecule has 7 nitrogen and oxygen atoms in total. The average Bonchev–Trinajstić information content (AvgIpc) is 2.72. The SMILES string of the molecule is CC1CN(CCNC(=O)C2CCN(S(=O)(=O)c3cccc(C(F)(F)F)c3)CC2)CC(C)O1. The second-order valence-corrected chi connectivity index (χ2v) is 10.4. The van der Waals surface area contributed by atoms with E-state index in [0.29, 0.717) is 32.0 Å². The van der Waals surface area contributed by atoms with Gasteiger partial charge in [0, 0.05) is 45.2 Å². The molecule has 0 radical (unpaired) electrons. The van der Waals surface area contributed by atoms with E-state index in [2.05, 4.69) is 10.2 Å². The van der Waals surface area contributed by atoms with E-state index < -0.39 is 21.8 Å². The van der Waals surface area contributed by atoms with Gasteiger partial charge in [-0.05, 0) is 44.9 Å². The van der Waals surface area contributed by atoms with Gasteiger partial charge in [-0.1, -0.05) is 6.07 Å². The lowest BCUT2D eigenvalue weighted by Crippen LogP contribution is -2.48. The zero-order chi connectivity index (χ0) is 23.5. The van der Waals surface area contributed by atoms with Gasteiger partial charge < -0.3 is 10.1 Å². The van der Waals surface area contributed by atoms with Gasteiger partial charge in [0.1, 0.15) is 0 Å². The van der Waals surface area contributed by atoms with Crippen molar-refractivity contribution in [3.63, 3.8) is 0 Å². The van der Waals surface area contributed by atoms with E-state index in [4.69, 9.17) is 4.74 Å². The van der Waals surface area contributed by atoms with Gasteiger partial charge in [-0.2, -0.15) is 17.5 Å². The van der Waals surface area contributed by atoms with Crippen LogP contribution >= 0.6 is 0 Å². The molecule has 2 atom stereocenters. The minimum atomic E-state index is -4.62. The van der Waals surface area contributed by atoms with Crippen molar-refractivity contribution in [3.05, 3.63) is 29.8 Å². The van der Waals surface area contributed by atoms with Crippen LogP contribution in [0.1, 0.15) is 32.3 Å². The normalized spacial score (nSPS) is 24.4. The smallest absolute Gasteiger partial charge is 0.373 e. The molecule has 1 aromatic carbocycles. The summed E-state index contributed by atoms with van der Waals surface area (Å²) in [5.74, 6) is -0.430. The molecule has 0 spiro atoms. The summed E-state index contributed by atoms with van der Waals surface area (Å²) in [6.07, 6.45) is -3.66. The summed E-state index contributed by atoms with van der Waals surface area (Å²) < 4.78 is 71.2. The third-order valence-electron chi connectivity index (χ3n) is 5.85. The molecule has 32 heavy (non-hydrogen) atoms. The first kappa shape index (κ1) is 24.9. The van der Waals surface area contributed by atoms with Crippen LogP contribution in [0.25, 0.3) is 0 Å². The Labute approximate surface area is 186 Å². The Kier molecular flexibility index (Phi) is 7.85. The number of amides is 1. The summed E-state index contributed by atoms with van der Waals surface area (Å²) in [4.78, 5) is 14.4. The number of ether oxygens (including phenoxy) is 1. The Morgan fingerprint density at radius 2 is 1.78 bits per heavy atom. The molecule has 0 aliphatic carbocycles. The van der Waals surface area contributed by atoms with Crippen molar-refractivity contribution in [2.24, 2.45) is 5.92 Å². The summed E-state index contributed by atoms with van der Waals surface area (Å²) >= 11 is 0. The Morgan fingerprint density at radius 3 is 2.38 bits per heavy atom. The van der Waals surface area contributed by atoms with E-state index in [9.17, 15) is 26.4 Å². The molecule has 2 heterocycles. The fourth-order valence-electron chi connectivity index (χ4n) is 4.29. The van der Waals surface area contributed by atoms with Crippen LogP contribution in [0.3, 0.4) is 0 Å². The van der Waals surface area contributed by atoms with Gasteiger partial charge in [0.25, 0.3) is 0 Å². The number of alkyl halides is 3. The fraction of sp³-hybridized carbons (Fsp3) is 0.667. The molecule has 2 saturated heterocycles. The number of benzene rings is 1. The number of hydrogen-bond acceptors (Lipinski definition) is 5. The number of halogens is 3. The maximum absolute atomic E-state index is 12.9. The number of rotatable bonds is 6. The molecule has 2 unspecified atom stereocenters. The van der Waals surface area contributed by atoms with Crippen LogP contribution in [0.15, 0.2) is 29.2 Å². The zero-order valence-electron chi connectivity index (χ0n) is 18.3. The van der Waals surface area contributed by atoms with Gasteiger partial charge in [-0.15, -0.1) is 0 Å². The van der Waals surface area contributed by atoms with Crippen molar-refractivity contribution in [1.29, 1.82) is 0 Å². The number of carbonyl (C=O) groups is 1. The van der Waals surface area contributed by atoms with E-state index >= 15 is 0 Å². The van der Waals surface area contributed by atoms with Crippen LogP contribution < -0.4 is 5.32 Å². The third-order valence-corrected chi connectivity index (χ3v) is 7.74. The van der Waals surface area contributed by atoms with Crippen LogP contribution in [-0.2, 0) is 25.7 Å². The van der Waals surface area contributed by atoms with Gasteiger partial charge in [0.05, 0.1) is 22.7 Å². The predicted molar refractivity (Wildman–Crippen MR) is 112 cm³/mol. The predicted octanol–water partition coefficient (Wildman–Crippen LogP) is 2.33. The maximum atomic E-state index is 12.9. The first-order valence-corrected chi connectivity index (χ1v) is 12.2. The van der Waals surface area contributed by atoms with Crippen molar-refractivity contribution in [2.45, 2.75) is 50.0 Å². The molecular weight excluding hydrogens is 447 g/mol. The number of hydrogen-bond donors (Lipinski definition) is 1. The Hall–Kier alpha value is -1.69. The average molecular weight is 478 g/mol. The zero-order valence-corrected chi connectivity index (χ0v) is 19.1. The molecule has 2 aliphatic heterocycles. The van der Waals surface area contributed by atoms with Gasteiger partial charge >= 0.3 is 6.18 Å². The van der Waals surface area contributed by atoms with Gasteiger partial charge in [0.15, 0.2) is 0 Å². The molecule has 2 aliphatic rings. The third kappa shape index (κ3) is 6.21. The van der Waals surface area contributed by atoms with Crippen LogP contribution in [0.5, 0.6) is 0 Å². The molecule has 1 N–H and O–H groups in total. The number of nitrogens with zero attached hydrogens (tertiary/aromatic N) is 2. The van der Waals surface area contributed by atoms with E-state index in [1.54, 1.807) is 0 Å². The molecule has 2 fully saturated rings. The molecule has 3 rings (SSSR count). The van der Waals surface area contributed by atoms with Crippen LogP contribution in [0.4, 0.5) is 13.2 Å². The molecule has 1 amide bonds. The summed E-state index contributed by atoms with van der Waals surface area (Å²) in [5.41, 5.74) is -1.00. The first-order chi connectivity index (χ1) is 15.0. The minimum absolute atomic E-state index is 0.0924. The lowest BCUT2D eigenvalue weighted by atomic mass is 9.97. The van der Waals surface area contributed by atoms with Gasteiger partial charge in [-0.3, -0.25) is 9.69 Å². The number of nitrogens with one attached hydrogen (secondary N) is 1. The van der Waals surface area contributed by atoms with E-state index in [1.807, 2.05) is 13.8 Å². The van der Waals surface area contributed by atoms with Crippen LogP contribution in [-0.4, -0.2) is 75.0 Å². The van der Waals surface area contributed by atoms with Crippen molar-refractivity contribution >= 4 is 15.9 Å². The highest BCUT2D eigenvalue weighted by molar-refractivity contribution is 7.89. The molecular formula is C21H30F3N3O4S. The summed E-state index contributed by atoms with van der Waals surface area (Å²) in [6.45, 7) is 7.06. The molecule has 180 valence electrons. The molecule has 1 aromatic rings. The Balaban J connectivity index is 1.49. The van der Waals surface area contributed by atoms with E-state index in [1.165, 1.54) is 0 Å². The molecule has 0 bridgehead atoms. The fourth-order valence-corrected chi connectivity index (χ4v) is 5.80. The second-order valence-electron chi connectivity index (χ2n) is 8.51. The summed E-state index contributed by atoms with van der Waals surface area (Å²) in [5, 5.41) is 2.92.